The van der Waals surface area contributed by atoms with E-state index < -0.39 is 15.2 Å². The van der Waals surface area contributed by atoms with Crippen molar-refractivity contribution in [2.45, 2.75) is 308 Å². The molecule has 6 aromatic rings. The molecule has 0 radical (unpaired) electrons. The van der Waals surface area contributed by atoms with E-state index in [2.05, 4.69) is 58.0 Å². The van der Waals surface area contributed by atoms with Gasteiger partial charge in [0.05, 0.1) is 10.6 Å². The normalized spacial score (nSPS) is 20.0. The van der Waals surface area contributed by atoms with Gasteiger partial charge in [-0.1, -0.05) is 295 Å². The molecule has 10 nitrogen and oxygen atoms in total. The average Bonchev–Trinajstić information content (AvgIpc) is 0.707. The van der Waals surface area contributed by atoms with Crippen molar-refractivity contribution in [1.29, 1.82) is 0 Å². The van der Waals surface area contributed by atoms with Crippen molar-refractivity contribution in [3.8, 4) is 46.0 Å². The lowest BCUT2D eigenvalue weighted by molar-refractivity contribution is 0.105. The Morgan fingerprint density at radius 1 is 0.255 bits per heavy atom. The Balaban J connectivity index is 1.14. The summed E-state index contributed by atoms with van der Waals surface area (Å²) in [6, 6.07) is 36.4. The van der Waals surface area contributed by atoms with Gasteiger partial charge in [0, 0.05) is 92.4 Å². The van der Waals surface area contributed by atoms with Crippen molar-refractivity contribution in [3.63, 3.8) is 0 Å². The van der Waals surface area contributed by atoms with Gasteiger partial charge in [0.25, 0.3) is 0 Å². The Morgan fingerprint density at radius 3 is 0.684 bits per heavy atom. The van der Waals surface area contributed by atoms with Crippen LogP contribution in [0.4, 0.5) is 0 Å². The molecule has 6 aromatic carbocycles. The molecule has 6 unspecified atom stereocenters. The van der Waals surface area contributed by atoms with Gasteiger partial charge in [0.2, 0.25) is 13.6 Å². The molecular weight excluding hydrogens is 1250 g/mol. The fraction of sp³-hybridized carbons (Fsp3) is 0.581. The van der Waals surface area contributed by atoms with Crippen LogP contribution in [0.2, 0.25) is 0 Å². The van der Waals surface area contributed by atoms with Crippen LogP contribution < -0.4 is 47.7 Å². The van der Waals surface area contributed by atoms with Crippen molar-refractivity contribution in [3.05, 3.63) is 154 Å². The number of hydrogen-bond acceptors (Lipinski definition) is 10. The number of hydrogen-bond donors (Lipinski definition) is 0. The third kappa shape index (κ3) is 19.0. The van der Waals surface area contributed by atoms with Gasteiger partial charge in [-0.25, -0.2) is 9.13 Å². The molecule has 12 heteroatoms. The van der Waals surface area contributed by atoms with E-state index in [0.717, 1.165) is 146 Å². The van der Waals surface area contributed by atoms with E-state index in [9.17, 15) is 0 Å². The number of benzene rings is 6. The summed E-state index contributed by atoms with van der Waals surface area (Å²) in [6.07, 6.45) is 46.8. The zero-order valence-electron chi connectivity index (χ0n) is 60.4. The molecule has 532 valence electrons. The summed E-state index contributed by atoms with van der Waals surface area (Å²) in [5.41, 5.74) is 8.16. The minimum Gasteiger partial charge on any atom is -0.457 e. The van der Waals surface area contributed by atoms with Crippen LogP contribution in [0.15, 0.2) is 109 Å². The van der Waals surface area contributed by atoms with Crippen LogP contribution in [0, 0.1) is 0 Å². The topological polar surface area (TPSA) is 108 Å². The van der Waals surface area contributed by atoms with E-state index in [1.165, 1.54) is 167 Å². The summed E-state index contributed by atoms with van der Waals surface area (Å²) in [5.74, 6) is 3.72. The Kier molecular flexibility index (Phi) is 28.3. The largest absolute Gasteiger partial charge is 0.462 e. The predicted octanol–water partition coefficient (Wildman–Crippen LogP) is 26.2. The third-order valence-electron chi connectivity index (χ3n) is 21.8. The van der Waals surface area contributed by atoms with Crippen molar-refractivity contribution in [2.75, 3.05) is 13.6 Å². The van der Waals surface area contributed by atoms with E-state index >= 15 is 9.13 Å². The highest BCUT2D eigenvalue weighted by atomic mass is 31.2. The molecule has 0 fully saturated rings. The van der Waals surface area contributed by atoms with Gasteiger partial charge in [0.15, 0.2) is 0 Å². The monoisotopic (exact) mass is 1370 g/mol. The lowest BCUT2D eigenvalue weighted by Crippen LogP contribution is -2.23. The summed E-state index contributed by atoms with van der Waals surface area (Å²) >= 11 is 0. The fourth-order valence-electron chi connectivity index (χ4n) is 16.2. The highest BCUT2D eigenvalue weighted by Crippen LogP contribution is 2.62. The van der Waals surface area contributed by atoms with Crippen LogP contribution in [0.3, 0.4) is 0 Å². The SMILES string of the molecule is CCCCCCCCCCCC1c2cc3c4cc2OCOc2cc5c(cc21)C(CCCCCCCCCCC)c1cc2c(cc1OP(=O)(c1ccccc1)O5)OP(=O)(c1ccccc1)Oc1cc(c(cc1C2CCCCCCCCCCC)C3CCCCCCCCCCC)OCO4. The van der Waals surface area contributed by atoms with E-state index in [1.54, 1.807) is 0 Å². The highest BCUT2D eigenvalue weighted by Gasteiger charge is 2.44. The van der Waals surface area contributed by atoms with Crippen molar-refractivity contribution >= 4 is 25.8 Å². The van der Waals surface area contributed by atoms with E-state index in [4.69, 9.17) is 37.0 Å². The van der Waals surface area contributed by atoms with E-state index in [0.29, 0.717) is 45.1 Å². The molecule has 6 atom stereocenters. The quantitative estimate of drug-likeness (QED) is 0.0272. The maximum atomic E-state index is 16.5. The molecule has 0 amide bonds. The maximum absolute atomic E-state index is 16.5. The van der Waals surface area contributed by atoms with Gasteiger partial charge in [0.1, 0.15) is 46.0 Å². The van der Waals surface area contributed by atoms with Crippen molar-refractivity contribution < 1.29 is 46.2 Å². The molecule has 0 spiro atoms. The molecule has 0 saturated carbocycles. The first kappa shape index (κ1) is 73.4. The second-order valence-corrected chi connectivity index (χ2v) is 33.0. The van der Waals surface area contributed by atoms with E-state index in [-0.39, 0.29) is 37.3 Å². The summed E-state index contributed by atoms with van der Waals surface area (Å²) in [7, 11) is -8.60. The van der Waals surface area contributed by atoms with Gasteiger partial charge >= 0.3 is 15.2 Å². The van der Waals surface area contributed by atoms with Crippen LogP contribution in [0.25, 0.3) is 0 Å². The van der Waals surface area contributed by atoms with Crippen molar-refractivity contribution in [1.82, 2.24) is 0 Å². The first-order valence-corrected chi connectivity index (χ1v) is 42.6. The van der Waals surface area contributed by atoms with Gasteiger partial charge < -0.3 is 37.0 Å². The zero-order valence-corrected chi connectivity index (χ0v) is 62.2. The van der Waals surface area contributed by atoms with Crippen LogP contribution in [-0.2, 0) is 9.13 Å². The first-order chi connectivity index (χ1) is 48.2. The molecule has 4 heterocycles. The molecule has 11 rings (SSSR count). The molecule has 98 heavy (non-hydrogen) atoms. The van der Waals surface area contributed by atoms with Crippen LogP contribution in [0.1, 0.15) is 353 Å². The molecular formula is C86H118O10P2. The smallest absolute Gasteiger partial charge is 0.457 e. The standard InChI is InChI=1S/C86H118O10P2/c1-5-9-13-17-21-25-29-33-43-51-67-71-55-72-68(52-44-34-30-26-22-18-14-10-6-2)74-57-76-70(54-46-36-32-28-24-20-16-12-8-4)78-58-77-69(53-45-35-31-27-23-19-15-11-7-3)75-56-73(67)81-60-83(75)93-97(87,65-47-39-37-40-48-65)95-85(77)62-86(78)96-98(88,66-49-41-38-42-50-66)94-84(76)61-82(74)92-64-90-80(72)59-79(71)89-63-91-81/h37-42,47-50,55-62,67-70H,5-36,43-46,51-54,63-64H2,1-4H3. The summed E-state index contributed by atoms with van der Waals surface area (Å²) in [4.78, 5) is 0. The molecule has 5 aliphatic rings. The van der Waals surface area contributed by atoms with Gasteiger partial charge in [-0.3, -0.25) is 0 Å². The predicted molar refractivity (Wildman–Crippen MR) is 403 cm³/mol. The van der Waals surface area contributed by atoms with Crippen LogP contribution in [-0.4, -0.2) is 13.6 Å². The highest BCUT2D eigenvalue weighted by molar-refractivity contribution is 7.63. The molecule has 0 saturated heterocycles. The van der Waals surface area contributed by atoms with Gasteiger partial charge in [-0.15, -0.1) is 0 Å². The van der Waals surface area contributed by atoms with E-state index in [1.807, 2.05) is 78.9 Å². The zero-order chi connectivity index (χ0) is 67.8. The van der Waals surface area contributed by atoms with Crippen molar-refractivity contribution in [2.24, 2.45) is 0 Å². The molecule has 0 N–H and O–H groups in total. The summed E-state index contributed by atoms with van der Waals surface area (Å²) in [6.45, 7) is 9.05. The molecule has 0 aromatic heterocycles. The number of unbranched alkanes of at least 4 members (excludes halogenated alkanes) is 32. The third-order valence-corrected chi connectivity index (χ3v) is 25.4. The Labute approximate surface area is 590 Å². The second-order valence-electron chi connectivity index (χ2n) is 29.2. The van der Waals surface area contributed by atoms with Gasteiger partial charge in [-0.05, 0) is 74.2 Å². The fourth-order valence-corrected chi connectivity index (χ4v) is 19.5. The molecule has 8 bridgehead atoms. The molecule has 4 aliphatic heterocycles. The van der Waals surface area contributed by atoms with Gasteiger partial charge in [-0.2, -0.15) is 0 Å². The lowest BCUT2D eigenvalue weighted by Gasteiger charge is -2.36. The molecule has 1 aliphatic carbocycles. The summed E-state index contributed by atoms with van der Waals surface area (Å²) < 4.78 is 89.6. The number of rotatable bonds is 42. The van der Waals surface area contributed by atoms with Crippen LogP contribution in [0.5, 0.6) is 46.0 Å². The average molecular weight is 1370 g/mol. The Bertz CT molecular complexity index is 3310. The summed E-state index contributed by atoms with van der Waals surface area (Å²) in [5, 5.41) is 0.837. The maximum Gasteiger partial charge on any atom is 0.462 e. The second kappa shape index (κ2) is 37.7. The Hall–Kier alpha value is -5.82. The Morgan fingerprint density at radius 2 is 0.449 bits per heavy atom. The minimum atomic E-state index is -4.30. The minimum absolute atomic E-state index is 0.0491. The number of ether oxygens (including phenoxy) is 4. The lowest BCUT2D eigenvalue weighted by atomic mass is 9.76. The first-order valence-electron chi connectivity index (χ1n) is 39.5. The van der Waals surface area contributed by atoms with Crippen LogP contribution >= 0.6 is 15.2 Å².